The number of rotatable bonds is 3. The van der Waals surface area contributed by atoms with E-state index in [0.717, 1.165) is 19.8 Å². The zero-order chi connectivity index (χ0) is 10.6. The number of amides is 1. The van der Waals surface area contributed by atoms with Crippen molar-refractivity contribution in [3.63, 3.8) is 0 Å². The van der Waals surface area contributed by atoms with E-state index in [9.17, 15) is 13.6 Å². The van der Waals surface area contributed by atoms with E-state index in [0.29, 0.717) is 13.1 Å². The number of hydrogen-bond donors (Lipinski definition) is 0. The average molecular weight is 207 g/mol. The Bertz CT molecular complexity index is 193. The maximum atomic E-state index is 12.7. The Hall–Kier alpha value is -0.870. The molecule has 0 aromatic rings. The van der Waals surface area contributed by atoms with Crippen molar-refractivity contribution < 1.29 is 18.3 Å². The van der Waals surface area contributed by atoms with Gasteiger partial charge in [-0.05, 0) is 19.8 Å². The van der Waals surface area contributed by atoms with Crippen LogP contribution < -0.4 is 0 Å². The standard InChI is InChI=1S/C9H15F2NO2/c1-7(10)8(11)6-14-9(13)12-4-2-3-5-12/h7-8H,2-6H2,1H3. The zero-order valence-electron chi connectivity index (χ0n) is 8.21. The Kier molecular flexibility index (Phi) is 4.10. The molecular weight excluding hydrogens is 192 g/mol. The van der Waals surface area contributed by atoms with Crippen molar-refractivity contribution in [2.45, 2.75) is 32.1 Å². The van der Waals surface area contributed by atoms with E-state index < -0.39 is 25.0 Å². The molecule has 5 heteroatoms. The van der Waals surface area contributed by atoms with Crippen LogP contribution in [0.15, 0.2) is 0 Å². The van der Waals surface area contributed by atoms with Crippen LogP contribution in [0.4, 0.5) is 13.6 Å². The first-order valence-electron chi connectivity index (χ1n) is 4.81. The highest BCUT2D eigenvalue weighted by molar-refractivity contribution is 5.67. The summed E-state index contributed by atoms with van der Waals surface area (Å²) in [6.45, 7) is 1.92. The highest BCUT2D eigenvalue weighted by Crippen LogP contribution is 2.10. The molecule has 1 aliphatic rings. The van der Waals surface area contributed by atoms with E-state index in [-0.39, 0.29) is 0 Å². The third-order valence-corrected chi connectivity index (χ3v) is 2.23. The summed E-state index contributed by atoms with van der Waals surface area (Å²) in [6.07, 6.45) is -1.95. The van der Waals surface area contributed by atoms with Crippen molar-refractivity contribution in [2.75, 3.05) is 19.7 Å². The molecule has 82 valence electrons. The summed E-state index contributed by atoms with van der Waals surface area (Å²) in [5.41, 5.74) is 0. The molecule has 1 amide bonds. The molecular formula is C9H15F2NO2. The second-order valence-corrected chi connectivity index (χ2v) is 3.46. The van der Waals surface area contributed by atoms with Gasteiger partial charge in [0.05, 0.1) is 0 Å². The quantitative estimate of drug-likeness (QED) is 0.707. The van der Waals surface area contributed by atoms with Crippen LogP contribution in [0.25, 0.3) is 0 Å². The van der Waals surface area contributed by atoms with E-state index in [1.54, 1.807) is 0 Å². The fourth-order valence-electron chi connectivity index (χ4n) is 1.27. The smallest absolute Gasteiger partial charge is 0.409 e. The Balaban J connectivity index is 2.20. The fourth-order valence-corrected chi connectivity index (χ4v) is 1.27. The predicted molar refractivity (Wildman–Crippen MR) is 47.6 cm³/mol. The molecule has 3 nitrogen and oxygen atoms in total. The Morgan fingerprint density at radius 1 is 1.43 bits per heavy atom. The molecule has 0 aliphatic carbocycles. The van der Waals surface area contributed by atoms with Crippen LogP contribution in [0, 0.1) is 0 Å². The lowest BCUT2D eigenvalue weighted by Gasteiger charge is -2.16. The molecule has 14 heavy (non-hydrogen) atoms. The van der Waals surface area contributed by atoms with E-state index >= 15 is 0 Å². The van der Waals surface area contributed by atoms with Crippen LogP contribution in [0.2, 0.25) is 0 Å². The van der Waals surface area contributed by atoms with Crippen LogP contribution in [0.3, 0.4) is 0 Å². The molecule has 0 aromatic carbocycles. The molecule has 1 heterocycles. The Morgan fingerprint density at radius 3 is 2.50 bits per heavy atom. The van der Waals surface area contributed by atoms with E-state index in [4.69, 9.17) is 0 Å². The molecule has 1 fully saturated rings. The SMILES string of the molecule is CC(F)C(F)COC(=O)N1CCCC1. The molecule has 1 aliphatic heterocycles. The van der Waals surface area contributed by atoms with Gasteiger partial charge in [0.15, 0.2) is 6.17 Å². The van der Waals surface area contributed by atoms with Crippen molar-refractivity contribution in [1.29, 1.82) is 0 Å². The normalized spacial score (nSPS) is 20.6. The lowest BCUT2D eigenvalue weighted by Crippen LogP contribution is -2.31. The summed E-state index contributed by atoms with van der Waals surface area (Å²) in [6, 6.07) is 0. The molecule has 2 atom stereocenters. The van der Waals surface area contributed by atoms with Crippen molar-refractivity contribution >= 4 is 6.09 Å². The van der Waals surface area contributed by atoms with Gasteiger partial charge in [-0.1, -0.05) is 0 Å². The number of ether oxygens (including phenoxy) is 1. The minimum Gasteiger partial charge on any atom is -0.446 e. The van der Waals surface area contributed by atoms with Gasteiger partial charge in [0.2, 0.25) is 0 Å². The number of hydrogen-bond acceptors (Lipinski definition) is 2. The number of alkyl halides is 2. The second kappa shape index (κ2) is 5.12. The van der Waals surface area contributed by atoms with E-state index in [1.807, 2.05) is 0 Å². The zero-order valence-corrected chi connectivity index (χ0v) is 8.21. The molecule has 2 unspecified atom stereocenters. The monoisotopic (exact) mass is 207 g/mol. The topological polar surface area (TPSA) is 29.5 Å². The van der Waals surface area contributed by atoms with Crippen molar-refractivity contribution in [3.05, 3.63) is 0 Å². The third-order valence-electron chi connectivity index (χ3n) is 2.23. The number of halogens is 2. The first-order chi connectivity index (χ1) is 6.61. The maximum absolute atomic E-state index is 12.7. The number of carbonyl (C=O) groups excluding carboxylic acids is 1. The minimum atomic E-state index is -1.72. The fraction of sp³-hybridized carbons (Fsp3) is 0.889. The van der Waals surface area contributed by atoms with Gasteiger partial charge in [-0.25, -0.2) is 13.6 Å². The highest BCUT2D eigenvalue weighted by Gasteiger charge is 2.22. The van der Waals surface area contributed by atoms with Crippen molar-refractivity contribution in [2.24, 2.45) is 0 Å². The van der Waals surface area contributed by atoms with E-state index in [2.05, 4.69) is 4.74 Å². The van der Waals surface area contributed by atoms with Crippen LogP contribution in [-0.4, -0.2) is 43.0 Å². The molecule has 0 bridgehead atoms. The third kappa shape index (κ3) is 3.12. The number of carbonyl (C=O) groups is 1. The van der Waals surface area contributed by atoms with Gasteiger partial charge in [0.1, 0.15) is 12.8 Å². The Morgan fingerprint density at radius 2 is 2.00 bits per heavy atom. The lowest BCUT2D eigenvalue weighted by atomic mass is 10.3. The molecule has 0 spiro atoms. The lowest BCUT2D eigenvalue weighted by molar-refractivity contribution is 0.0596. The summed E-state index contributed by atoms with van der Waals surface area (Å²) >= 11 is 0. The first kappa shape index (κ1) is 11.2. The van der Waals surface area contributed by atoms with Gasteiger partial charge in [-0.15, -0.1) is 0 Å². The Labute approximate surface area is 82.0 Å². The van der Waals surface area contributed by atoms with Crippen molar-refractivity contribution in [3.8, 4) is 0 Å². The van der Waals surface area contributed by atoms with Gasteiger partial charge >= 0.3 is 6.09 Å². The summed E-state index contributed by atoms with van der Waals surface area (Å²) in [4.78, 5) is 12.7. The van der Waals surface area contributed by atoms with Gasteiger partial charge in [-0.3, -0.25) is 0 Å². The molecule has 0 aromatic heterocycles. The molecule has 0 radical (unpaired) electrons. The van der Waals surface area contributed by atoms with Gasteiger partial charge in [0, 0.05) is 13.1 Å². The summed E-state index contributed by atoms with van der Waals surface area (Å²) in [7, 11) is 0. The highest BCUT2D eigenvalue weighted by atomic mass is 19.2. The van der Waals surface area contributed by atoms with Crippen LogP contribution in [0.1, 0.15) is 19.8 Å². The summed E-state index contributed by atoms with van der Waals surface area (Å²) in [5, 5.41) is 0. The second-order valence-electron chi connectivity index (χ2n) is 3.46. The molecule has 0 saturated carbocycles. The maximum Gasteiger partial charge on any atom is 0.409 e. The average Bonchev–Trinajstić information content (AvgIpc) is 2.66. The largest absolute Gasteiger partial charge is 0.446 e. The first-order valence-corrected chi connectivity index (χ1v) is 4.81. The minimum absolute atomic E-state index is 0.493. The van der Waals surface area contributed by atoms with Crippen LogP contribution >= 0.6 is 0 Å². The van der Waals surface area contributed by atoms with Gasteiger partial charge < -0.3 is 9.64 Å². The predicted octanol–water partition coefficient (Wildman–Crippen LogP) is 1.91. The van der Waals surface area contributed by atoms with Gasteiger partial charge in [-0.2, -0.15) is 0 Å². The summed E-state index contributed by atoms with van der Waals surface area (Å²) < 4.78 is 29.7. The van der Waals surface area contributed by atoms with E-state index in [1.165, 1.54) is 4.90 Å². The van der Waals surface area contributed by atoms with Crippen LogP contribution in [0.5, 0.6) is 0 Å². The number of likely N-dealkylation sites (tertiary alicyclic amines) is 1. The molecule has 1 rings (SSSR count). The van der Waals surface area contributed by atoms with Crippen LogP contribution in [-0.2, 0) is 4.74 Å². The number of nitrogens with zero attached hydrogens (tertiary/aromatic N) is 1. The van der Waals surface area contributed by atoms with Gasteiger partial charge in [0.25, 0.3) is 0 Å². The summed E-state index contributed by atoms with van der Waals surface area (Å²) in [5.74, 6) is 0. The molecule has 0 N–H and O–H groups in total. The van der Waals surface area contributed by atoms with Crippen molar-refractivity contribution in [1.82, 2.24) is 4.90 Å². The molecule has 1 saturated heterocycles.